The molecule has 6 heteroatoms. The molecule has 0 heterocycles. The zero-order valence-corrected chi connectivity index (χ0v) is 13.9. The predicted molar refractivity (Wildman–Crippen MR) is 81.6 cm³/mol. The molecule has 1 aromatic rings. The van der Waals surface area contributed by atoms with E-state index in [9.17, 15) is 4.79 Å². The third kappa shape index (κ3) is 4.39. The van der Waals surface area contributed by atoms with Crippen molar-refractivity contribution in [3.63, 3.8) is 0 Å². The van der Waals surface area contributed by atoms with Gasteiger partial charge < -0.3 is 10.1 Å². The van der Waals surface area contributed by atoms with Crippen LogP contribution in [0.5, 0.6) is 5.75 Å². The molecular weight excluding hydrogens is 344 g/mol. The van der Waals surface area contributed by atoms with E-state index in [4.69, 9.17) is 21.6 Å². The number of nitrogens with one attached hydrogen (secondary N) is 1. The minimum absolute atomic E-state index is 0.00674. The van der Waals surface area contributed by atoms with Gasteiger partial charge in [0, 0.05) is 4.47 Å². The van der Waals surface area contributed by atoms with Crippen LogP contribution in [0.1, 0.15) is 20.8 Å². The average Bonchev–Trinajstić information content (AvgIpc) is 2.37. The van der Waals surface area contributed by atoms with E-state index in [-0.39, 0.29) is 18.4 Å². The minimum Gasteiger partial charge on any atom is -0.482 e. The van der Waals surface area contributed by atoms with Gasteiger partial charge in [-0.05, 0) is 31.0 Å². The maximum absolute atomic E-state index is 11.8. The van der Waals surface area contributed by atoms with E-state index in [0.717, 1.165) is 4.47 Å². The zero-order chi connectivity index (χ0) is 15.3. The Balaban J connectivity index is 2.62. The number of nitriles is 1. The number of hydrogen-bond donors (Lipinski definition) is 1. The first-order valence-electron chi connectivity index (χ1n) is 6.08. The molecule has 108 valence electrons. The van der Waals surface area contributed by atoms with Gasteiger partial charge in [0.25, 0.3) is 5.91 Å². The normalized spacial score (nSPS) is 13.4. The number of carbonyl (C=O) groups excluding carboxylic acids is 1. The summed E-state index contributed by atoms with van der Waals surface area (Å²) < 4.78 is 6.18. The Hall–Kier alpha value is -1.25. The van der Waals surface area contributed by atoms with Gasteiger partial charge in [-0.25, -0.2) is 0 Å². The fraction of sp³-hybridized carbons (Fsp3) is 0.429. The molecule has 1 aromatic carbocycles. The van der Waals surface area contributed by atoms with Crippen molar-refractivity contribution in [1.29, 1.82) is 5.26 Å². The molecule has 0 aliphatic rings. The molecule has 0 aliphatic carbocycles. The summed E-state index contributed by atoms with van der Waals surface area (Å²) in [7, 11) is 0. The molecule has 0 unspecified atom stereocenters. The van der Waals surface area contributed by atoms with Gasteiger partial charge in [-0.2, -0.15) is 5.26 Å². The van der Waals surface area contributed by atoms with Crippen LogP contribution in [0.4, 0.5) is 0 Å². The number of nitrogens with zero attached hydrogens (tertiary/aromatic N) is 1. The fourth-order valence-corrected chi connectivity index (χ4v) is 2.09. The molecule has 0 fully saturated rings. The van der Waals surface area contributed by atoms with Crippen molar-refractivity contribution in [3.8, 4) is 11.8 Å². The average molecular weight is 360 g/mol. The van der Waals surface area contributed by atoms with E-state index in [1.54, 1.807) is 25.1 Å². The Bertz CT molecular complexity index is 542. The summed E-state index contributed by atoms with van der Waals surface area (Å²) in [6.07, 6.45) is 0. The van der Waals surface area contributed by atoms with Crippen LogP contribution in [-0.4, -0.2) is 18.1 Å². The SMILES string of the molecule is CC(C)[C@](C)(C#N)NC(=O)COc1ccc(Br)cc1Cl. The van der Waals surface area contributed by atoms with Gasteiger partial charge in [0.1, 0.15) is 11.3 Å². The number of rotatable bonds is 5. The summed E-state index contributed by atoms with van der Waals surface area (Å²) in [6.45, 7) is 5.24. The lowest BCUT2D eigenvalue weighted by atomic mass is 9.90. The van der Waals surface area contributed by atoms with Crippen molar-refractivity contribution in [3.05, 3.63) is 27.7 Å². The largest absolute Gasteiger partial charge is 0.482 e. The lowest BCUT2D eigenvalue weighted by Crippen LogP contribution is -2.50. The highest BCUT2D eigenvalue weighted by atomic mass is 79.9. The topological polar surface area (TPSA) is 62.1 Å². The van der Waals surface area contributed by atoms with Crippen LogP contribution in [0.3, 0.4) is 0 Å². The summed E-state index contributed by atoms with van der Waals surface area (Å²) in [6, 6.07) is 7.23. The van der Waals surface area contributed by atoms with E-state index in [1.807, 2.05) is 13.8 Å². The molecule has 1 rings (SSSR count). The van der Waals surface area contributed by atoms with E-state index in [1.165, 1.54) is 0 Å². The van der Waals surface area contributed by atoms with Crippen molar-refractivity contribution in [2.45, 2.75) is 26.3 Å². The summed E-state index contributed by atoms with van der Waals surface area (Å²) in [5, 5.41) is 12.2. The van der Waals surface area contributed by atoms with Crippen molar-refractivity contribution in [2.24, 2.45) is 5.92 Å². The fourth-order valence-electron chi connectivity index (χ4n) is 1.36. The quantitative estimate of drug-likeness (QED) is 0.874. The predicted octanol–water partition coefficient (Wildman–Crippen LogP) is 3.54. The Morgan fingerprint density at radius 2 is 2.25 bits per heavy atom. The van der Waals surface area contributed by atoms with Crippen molar-refractivity contribution in [1.82, 2.24) is 5.32 Å². The Kier molecular flexibility index (Phi) is 5.85. The molecular formula is C14H16BrClN2O2. The second kappa shape index (κ2) is 6.96. The van der Waals surface area contributed by atoms with Crippen molar-refractivity contribution < 1.29 is 9.53 Å². The number of amides is 1. The molecule has 4 nitrogen and oxygen atoms in total. The van der Waals surface area contributed by atoms with E-state index in [2.05, 4.69) is 27.3 Å². The van der Waals surface area contributed by atoms with Gasteiger partial charge in [0.2, 0.25) is 0 Å². The van der Waals surface area contributed by atoms with Crippen LogP contribution in [0, 0.1) is 17.2 Å². The number of halogens is 2. The van der Waals surface area contributed by atoms with E-state index < -0.39 is 5.54 Å². The molecule has 1 N–H and O–H groups in total. The van der Waals surface area contributed by atoms with Crippen LogP contribution < -0.4 is 10.1 Å². The van der Waals surface area contributed by atoms with Crippen LogP contribution in [-0.2, 0) is 4.79 Å². The van der Waals surface area contributed by atoms with Crippen molar-refractivity contribution >= 4 is 33.4 Å². The monoisotopic (exact) mass is 358 g/mol. The molecule has 0 aromatic heterocycles. The third-order valence-corrected chi connectivity index (χ3v) is 3.83. The number of benzene rings is 1. The lowest BCUT2D eigenvalue weighted by Gasteiger charge is -2.27. The smallest absolute Gasteiger partial charge is 0.259 e. The summed E-state index contributed by atoms with van der Waals surface area (Å²) in [4.78, 5) is 11.8. The third-order valence-electron chi connectivity index (χ3n) is 3.04. The number of carbonyl (C=O) groups is 1. The van der Waals surface area contributed by atoms with E-state index >= 15 is 0 Å². The second-order valence-electron chi connectivity index (χ2n) is 4.88. The highest BCUT2D eigenvalue weighted by Gasteiger charge is 2.30. The Morgan fingerprint density at radius 1 is 1.60 bits per heavy atom. The van der Waals surface area contributed by atoms with Crippen LogP contribution in [0.25, 0.3) is 0 Å². The summed E-state index contributed by atoms with van der Waals surface area (Å²) in [5.41, 5.74) is -0.913. The van der Waals surface area contributed by atoms with E-state index in [0.29, 0.717) is 10.8 Å². The molecule has 1 amide bonds. The maximum Gasteiger partial charge on any atom is 0.259 e. The lowest BCUT2D eigenvalue weighted by molar-refractivity contribution is -0.124. The van der Waals surface area contributed by atoms with Crippen LogP contribution in [0.2, 0.25) is 5.02 Å². The van der Waals surface area contributed by atoms with Gasteiger partial charge in [0.15, 0.2) is 6.61 Å². The molecule has 0 radical (unpaired) electrons. The number of hydrogen-bond acceptors (Lipinski definition) is 3. The van der Waals surface area contributed by atoms with Crippen LogP contribution >= 0.6 is 27.5 Å². The molecule has 20 heavy (non-hydrogen) atoms. The molecule has 0 saturated carbocycles. The Morgan fingerprint density at radius 3 is 2.75 bits per heavy atom. The molecule has 0 bridgehead atoms. The standard InChI is InChI=1S/C14H16BrClN2O2/c1-9(2)14(3,8-17)18-13(19)7-20-12-5-4-10(15)6-11(12)16/h4-6,9H,7H2,1-3H3,(H,18,19)/t14-/m0/s1. The first-order chi connectivity index (χ1) is 9.28. The summed E-state index contributed by atoms with van der Waals surface area (Å²) in [5.74, 6) is 0.0580. The highest BCUT2D eigenvalue weighted by molar-refractivity contribution is 9.10. The molecule has 1 atom stereocenters. The highest BCUT2D eigenvalue weighted by Crippen LogP contribution is 2.27. The minimum atomic E-state index is -0.913. The first-order valence-corrected chi connectivity index (χ1v) is 7.25. The Labute approximate surface area is 132 Å². The van der Waals surface area contributed by atoms with Crippen molar-refractivity contribution in [2.75, 3.05) is 6.61 Å². The van der Waals surface area contributed by atoms with Gasteiger partial charge in [-0.1, -0.05) is 41.4 Å². The van der Waals surface area contributed by atoms with Gasteiger partial charge in [-0.15, -0.1) is 0 Å². The zero-order valence-electron chi connectivity index (χ0n) is 11.5. The van der Waals surface area contributed by atoms with Gasteiger partial charge in [0.05, 0.1) is 11.1 Å². The molecule has 0 aliphatic heterocycles. The second-order valence-corrected chi connectivity index (χ2v) is 6.20. The summed E-state index contributed by atoms with van der Waals surface area (Å²) >= 11 is 9.27. The molecule has 0 spiro atoms. The first kappa shape index (κ1) is 16.8. The maximum atomic E-state index is 11.8. The number of ether oxygens (including phenoxy) is 1. The van der Waals surface area contributed by atoms with Crippen LogP contribution in [0.15, 0.2) is 22.7 Å². The van der Waals surface area contributed by atoms with Gasteiger partial charge in [-0.3, -0.25) is 4.79 Å². The van der Waals surface area contributed by atoms with Gasteiger partial charge >= 0.3 is 0 Å². The molecule has 0 saturated heterocycles.